The van der Waals surface area contributed by atoms with Gasteiger partial charge in [-0.05, 0) is 70.5 Å². The Hall–Kier alpha value is -3.08. The van der Waals surface area contributed by atoms with Crippen molar-refractivity contribution in [2.45, 2.75) is 5.51 Å². The molecule has 0 fully saturated rings. The van der Waals surface area contributed by atoms with Crippen LogP contribution in [0.1, 0.15) is 0 Å². The molecule has 0 spiro atoms. The lowest BCUT2D eigenvalue weighted by atomic mass is 10.1. The molecule has 178 valence electrons. The summed E-state index contributed by atoms with van der Waals surface area (Å²) in [6, 6.07) is 27.9. The van der Waals surface area contributed by atoms with Gasteiger partial charge < -0.3 is 9.08 Å². The average molecular weight is 578 g/mol. The molecule has 0 amide bonds. The number of hydrogen-bond acceptors (Lipinski definition) is 5. The summed E-state index contributed by atoms with van der Waals surface area (Å²) in [6.07, 6.45) is 0. The van der Waals surface area contributed by atoms with Crippen molar-refractivity contribution in [2.24, 2.45) is 0 Å². The van der Waals surface area contributed by atoms with Gasteiger partial charge in [-0.25, -0.2) is 0 Å². The van der Waals surface area contributed by atoms with Gasteiger partial charge in [-0.3, -0.25) is 0 Å². The minimum absolute atomic E-state index is 0.422. The normalized spacial score (nSPS) is 12.2. The Bertz CT molecular complexity index is 1600. The highest BCUT2D eigenvalue weighted by Crippen LogP contribution is 2.44. The minimum Gasteiger partial charge on any atom is -0.376 e. The molecule has 5 rings (SSSR count). The van der Waals surface area contributed by atoms with Gasteiger partial charge in [0, 0.05) is 41.7 Å². The second kappa shape index (κ2) is 8.85. The quantitative estimate of drug-likeness (QED) is 0.155. The van der Waals surface area contributed by atoms with Crippen LogP contribution in [0.5, 0.6) is 5.75 Å². The number of thiophene rings is 1. The molecule has 1 aromatic heterocycles. The Morgan fingerprint density at radius 3 is 1.94 bits per heavy atom. The van der Waals surface area contributed by atoms with Gasteiger partial charge in [0.1, 0.15) is 5.75 Å². The first-order chi connectivity index (χ1) is 16.6. The molecule has 0 saturated heterocycles. The highest BCUT2D eigenvalue weighted by atomic mass is 79.9. The molecule has 0 N–H and O–H groups in total. The predicted molar refractivity (Wildman–Crippen MR) is 137 cm³/mol. The number of hydrogen-bond donors (Lipinski definition) is 0. The molecule has 0 saturated carbocycles. The lowest BCUT2D eigenvalue weighted by Gasteiger charge is -2.25. The van der Waals surface area contributed by atoms with Crippen molar-refractivity contribution < 1.29 is 25.8 Å². The molecule has 0 unspecified atom stereocenters. The van der Waals surface area contributed by atoms with E-state index >= 15 is 0 Å². The minimum atomic E-state index is -5.79. The van der Waals surface area contributed by atoms with Crippen molar-refractivity contribution in [1.29, 1.82) is 0 Å². The van der Waals surface area contributed by atoms with E-state index in [2.05, 4.69) is 25.0 Å². The Morgan fingerprint density at radius 2 is 1.37 bits per heavy atom. The van der Waals surface area contributed by atoms with Crippen LogP contribution in [0.25, 0.3) is 20.2 Å². The zero-order valence-corrected chi connectivity index (χ0v) is 20.9. The third-order valence-corrected chi connectivity index (χ3v) is 8.35. The highest BCUT2D eigenvalue weighted by Gasteiger charge is 2.48. The summed E-state index contributed by atoms with van der Waals surface area (Å²) in [5.74, 6) is -0.422. The van der Waals surface area contributed by atoms with Gasteiger partial charge in [0.2, 0.25) is 0 Å². The first-order valence-electron chi connectivity index (χ1n) is 10.2. The zero-order valence-electron chi connectivity index (χ0n) is 17.7. The van der Waals surface area contributed by atoms with Crippen molar-refractivity contribution in [3.05, 3.63) is 95.5 Å². The van der Waals surface area contributed by atoms with E-state index in [1.165, 1.54) is 23.5 Å². The summed E-state index contributed by atoms with van der Waals surface area (Å²) < 4.78 is 68.2. The first-order valence-corrected chi connectivity index (χ1v) is 13.2. The molecule has 0 radical (unpaired) electrons. The van der Waals surface area contributed by atoms with Crippen LogP contribution < -0.4 is 9.08 Å². The molecule has 0 atom stereocenters. The Morgan fingerprint density at radius 1 is 0.771 bits per heavy atom. The van der Waals surface area contributed by atoms with E-state index in [0.29, 0.717) is 9.86 Å². The molecule has 4 nitrogen and oxygen atoms in total. The molecule has 0 aliphatic heterocycles. The molecule has 1 heterocycles. The van der Waals surface area contributed by atoms with Gasteiger partial charge in [-0.15, -0.1) is 11.3 Å². The maximum atomic E-state index is 12.9. The van der Waals surface area contributed by atoms with E-state index in [1.807, 2.05) is 78.9 Å². The summed E-state index contributed by atoms with van der Waals surface area (Å²) >= 11 is 4.79. The summed E-state index contributed by atoms with van der Waals surface area (Å²) in [5.41, 5.74) is -2.83. The van der Waals surface area contributed by atoms with Crippen molar-refractivity contribution in [3.8, 4) is 5.75 Å². The molecule has 5 aromatic rings. The van der Waals surface area contributed by atoms with Crippen LogP contribution in [0.4, 0.5) is 30.2 Å². The molecule has 0 aliphatic carbocycles. The SMILES string of the molecule is O=S(=O)(Oc1cc(Br)c2sc3ccc(N(c4ccccc4)c4ccccc4)cc3c2c1)C(F)(F)F. The largest absolute Gasteiger partial charge is 0.534 e. The van der Waals surface area contributed by atoms with Crippen molar-refractivity contribution in [2.75, 3.05) is 4.90 Å². The molecule has 10 heteroatoms. The van der Waals surface area contributed by atoms with Gasteiger partial charge in [-0.2, -0.15) is 21.6 Å². The van der Waals surface area contributed by atoms with Crippen molar-refractivity contribution in [3.63, 3.8) is 0 Å². The first kappa shape index (κ1) is 23.7. The van der Waals surface area contributed by atoms with Gasteiger partial charge in [0.05, 0.1) is 0 Å². The third-order valence-electron chi connectivity index (χ3n) is 5.26. The monoisotopic (exact) mass is 577 g/mol. The number of alkyl halides is 3. The standard InChI is InChI=1S/C25H15BrF3NO3S2/c26-22-15-19(33-35(31,32)25(27,28)29)14-21-20-13-18(11-12-23(20)34-24(21)22)30(16-7-3-1-4-8-16)17-9-5-2-6-10-17/h1-15H. The van der Waals surface area contributed by atoms with E-state index in [0.717, 1.165) is 31.8 Å². The Labute approximate surface area is 211 Å². The van der Waals surface area contributed by atoms with Crippen LogP contribution in [-0.2, 0) is 10.1 Å². The van der Waals surface area contributed by atoms with Gasteiger partial charge in [0.15, 0.2) is 0 Å². The zero-order chi connectivity index (χ0) is 24.8. The number of nitrogens with zero attached hydrogens (tertiary/aromatic N) is 1. The van der Waals surface area contributed by atoms with Gasteiger partial charge in [-0.1, -0.05) is 36.4 Å². The number of para-hydroxylation sites is 2. The maximum Gasteiger partial charge on any atom is 0.534 e. The smallest absolute Gasteiger partial charge is 0.376 e. The van der Waals surface area contributed by atoms with Crippen molar-refractivity contribution >= 4 is 74.6 Å². The van der Waals surface area contributed by atoms with Crippen LogP contribution in [0.3, 0.4) is 0 Å². The Balaban J connectivity index is 1.68. The van der Waals surface area contributed by atoms with E-state index in [9.17, 15) is 21.6 Å². The maximum absolute atomic E-state index is 12.9. The van der Waals surface area contributed by atoms with E-state index in [-0.39, 0.29) is 0 Å². The molecular formula is C25H15BrF3NO3S2. The fourth-order valence-corrected chi connectivity index (χ4v) is 5.96. The predicted octanol–water partition coefficient (Wildman–Crippen LogP) is 8.52. The molecule has 0 aliphatic rings. The van der Waals surface area contributed by atoms with Crippen LogP contribution in [0.2, 0.25) is 0 Å². The lowest BCUT2D eigenvalue weighted by Crippen LogP contribution is -2.28. The van der Waals surface area contributed by atoms with Crippen LogP contribution in [0, 0.1) is 0 Å². The van der Waals surface area contributed by atoms with Crippen LogP contribution >= 0.6 is 27.3 Å². The molecule has 35 heavy (non-hydrogen) atoms. The fourth-order valence-electron chi connectivity index (χ4n) is 3.76. The summed E-state index contributed by atoms with van der Waals surface area (Å²) in [7, 11) is -5.79. The van der Waals surface area contributed by atoms with Gasteiger partial charge in [0.25, 0.3) is 0 Å². The lowest BCUT2D eigenvalue weighted by molar-refractivity contribution is -0.0500. The molecular weight excluding hydrogens is 563 g/mol. The molecule has 4 aromatic carbocycles. The third kappa shape index (κ3) is 4.49. The topological polar surface area (TPSA) is 46.6 Å². The number of rotatable bonds is 5. The number of halogens is 4. The Kier molecular flexibility index (Phi) is 5.98. The van der Waals surface area contributed by atoms with E-state index in [4.69, 9.17) is 0 Å². The van der Waals surface area contributed by atoms with Crippen LogP contribution in [-0.4, -0.2) is 13.9 Å². The van der Waals surface area contributed by atoms with E-state index < -0.39 is 21.4 Å². The van der Waals surface area contributed by atoms with Gasteiger partial charge >= 0.3 is 15.6 Å². The second-order valence-electron chi connectivity index (χ2n) is 7.55. The fraction of sp³-hybridized carbons (Fsp3) is 0.0400. The highest BCUT2D eigenvalue weighted by molar-refractivity contribution is 9.10. The van der Waals surface area contributed by atoms with Crippen LogP contribution in [0.15, 0.2) is 95.5 Å². The summed E-state index contributed by atoms with van der Waals surface area (Å²) in [5, 5.41) is 1.34. The number of anilines is 3. The summed E-state index contributed by atoms with van der Waals surface area (Å²) in [4.78, 5) is 2.06. The average Bonchev–Trinajstić information content (AvgIpc) is 3.18. The van der Waals surface area contributed by atoms with Crippen molar-refractivity contribution in [1.82, 2.24) is 0 Å². The number of fused-ring (bicyclic) bond motifs is 3. The van der Waals surface area contributed by atoms with E-state index in [1.54, 1.807) is 0 Å². The number of benzene rings is 4. The summed E-state index contributed by atoms with van der Waals surface area (Å²) in [6.45, 7) is 0. The molecule has 0 bridgehead atoms. The second-order valence-corrected chi connectivity index (χ2v) is 11.0.